The van der Waals surface area contributed by atoms with E-state index in [4.69, 9.17) is 0 Å². The van der Waals surface area contributed by atoms with Gasteiger partial charge in [-0.05, 0) is 96.7 Å². The molecule has 0 aromatic heterocycles. The van der Waals surface area contributed by atoms with Crippen molar-refractivity contribution in [2.45, 2.75) is 20.8 Å². The Labute approximate surface area is 280 Å². The summed E-state index contributed by atoms with van der Waals surface area (Å²) in [4.78, 5) is 0. The van der Waals surface area contributed by atoms with E-state index >= 15 is 0 Å². The van der Waals surface area contributed by atoms with Gasteiger partial charge in [0, 0.05) is 33.9 Å². The molecule has 0 bridgehead atoms. The van der Waals surface area contributed by atoms with Crippen LogP contribution in [0.5, 0.6) is 0 Å². The molecule has 5 rings (SSSR count). The topological polar surface area (TPSA) is 24.1 Å². The molecule has 0 aliphatic carbocycles. The van der Waals surface area contributed by atoms with Gasteiger partial charge in [-0.1, -0.05) is 140 Å². The highest BCUT2D eigenvalue weighted by Crippen LogP contribution is 2.33. The normalized spacial score (nSPS) is 12.2. The molecule has 0 spiro atoms. The Balaban J connectivity index is 1.45. The lowest BCUT2D eigenvalue weighted by atomic mass is 9.94. The van der Waals surface area contributed by atoms with E-state index in [0.29, 0.717) is 0 Å². The van der Waals surface area contributed by atoms with Crippen molar-refractivity contribution in [1.29, 1.82) is 0 Å². The molecule has 2 heteroatoms. The van der Waals surface area contributed by atoms with Crippen molar-refractivity contribution >= 4 is 33.9 Å². The van der Waals surface area contributed by atoms with Gasteiger partial charge in [0.05, 0.1) is 0 Å². The quantitative estimate of drug-likeness (QED) is 0.137. The maximum Gasteiger partial charge on any atom is 0.0463 e. The predicted molar refractivity (Wildman–Crippen MR) is 206 cm³/mol. The van der Waals surface area contributed by atoms with Crippen molar-refractivity contribution in [2.24, 2.45) is 0 Å². The summed E-state index contributed by atoms with van der Waals surface area (Å²) in [5.74, 6) is 0. The SMILES string of the molecule is C=C/C=C(\C=C(/C)c1ccccc1Nc1ccccc1)C(/C=C\C)=C/C(=C)c1ccccc1Nc1cccc(-c2cccc(C)c2)c1. The maximum absolute atomic E-state index is 4.53. The van der Waals surface area contributed by atoms with Crippen molar-refractivity contribution in [3.63, 3.8) is 0 Å². The van der Waals surface area contributed by atoms with Gasteiger partial charge in [-0.3, -0.25) is 0 Å². The molecular weight excluding hydrogens is 569 g/mol. The highest BCUT2D eigenvalue weighted by molar-refractivity contribution is 5.86. The van der Waals surface area contributed by atoms with E-state index in [1.807, 2.05) is 31.2 Å². The second-order valence-corrected chi connectivity index (χ2v) is 11.5. The van der Waals surface area contributed by atoms with E-state index < -0.39 is 0 Å². The van der Waals surface area contributed by atoms with Crippen molar-refractivity contribution in [1.82, 2.24) is 0 Å². The summed E-state index contributed by atoms with van der Waals surface area (Å²) < 4.78 is 0. The van der Waals surface area contributed by atoms with Crippen LogP contribution >= 0.6 is 0 Å². The molecule has 2 nitrogen and oxygen atoms in total. The summed E-state index contributed by atoms with van der Waals surface area (Å²) >= 11 is 0. The second-order valence-electron chi connectivity index (χ2n) is 11.5. The average molecular weight is 611 g/mol. The minimum atomic E-state index is 0.906. The van der Waals surface area contributed by atoms with Gasteiger partial charge < -0.3 is 10.6 Å². The predicted octanol–water partition coefficient (Wildman–Crippen LogP) is 12.9. The van der Waals surface area contributed by atoms with Crippen LogP contribution in [-0.2, 0) is 0 Å². The molecule has 5 aromatic carbocycles. The molecule has 0 fully saturated rings. The lowest BCUT2D eigenvalue weighted by molar-refractivity contribution is 1.46. The number of aryl methyl sites for hydroxylation is 1. The van der Waals surface area contributed by atoms with Crippen LogP contribution in [0.4, 0.5) is 22.7 Å². The van der Waals surface area contributed by atoms with Gasteiger partial charge in [0.2, 0.25) is 0 Å². The first-order chi connectivity index (χ1) is 22.9. The Morgan fingerprint density at radius 2 is 1.21 bits per heavy atom. The summed E-state index contributed by atoms with van der Waals surface area (Å²) in [6.07, 6.45) is 12.4. The van der Waals surface area contributed by atoms with Crippen LogP contribution in [0, 0.1) is 6.92 Å². The molecule has 0 saturated carbocycles. The van der Waals surface area contributed by atoms with Gasteiger partial charge in [-0.25, -0.2) is 0 Å². The van der Waals surface area contributed by atoms with Crippen LogP contribution in [0.3, 0.4) is 0 Å². The molecule has 0 atom stereocenters. The van der Waals surface area contributed by atoms with Crippen LogP contribution in [0.1, 0.15) is 30.5 Å². The molecule has 0 amide bonds. The fourth-order valence-electron chi connectivity index (χ4n) is 5.58. The zero-order valence-corrected chi connectivity index (χ0v) is 27.5. The number of hydrogen-bond donors (Lipinski definition) is 2. The fraction of sp³-hybridized carbons (Fsp3) is 0.0667. The van der Waals surface area contributed by atoms with Gasteiger partial charge in [-0.2, -0.15) is 0 Å². The summed E-state index contributed by atoms with van der Waals surface area (Å²) in [6, 6.07) is 44.1. The molecule has 0 unspecified atom stereocenters. The van der Waals surface area contributed by atoms with Gasteiger partial charge in [0.15, 0.2) is 0 Å². The Morgan fingerprint density at radius 1 is 0.617 bits per heavy atom. The number of para-hydroxylation sites is 3. The first-order valence-corrected chi connectivity index (χ1v) is 15.9. The lowest BCUT2D eigenvalue weighted by Gasteiger charge is -2.15. The van der Waals surface area contributed by atoms with Crippen LogP contribution in [0.2, 0.25) is 0 Å². The largest absolute Gasteiger partial charge is 0.355 e. The minimum Gasteiger partial charge on any atom is -0.355 e. The Morgan fingerprint density at radius 3 is 1.91 bits per heavy atom. The Bertz CT molecular complexity index is 1990. The van der Waals surface area contributed by atoms with E-state index in [-0.39, 0.29) is 0 Å². The van der Waals surface area contributed by atoms with Crippen molar-refractivity contribution in [3.8, 4) is 11.1 Å². The number of nitrogens with one attached hydrogen (secondary N) is 2. The molecule has 0 aliphatic rings. The standard InChI is InChI=1S/C45H42N2/c1-6-17-36(30-34(4)42-25-11-13-27-44(42)46-40-22-9-8-10-23-40)37(18-7-2)31-35(5)43-26-12-14-28-45(43)47-41-24-16-21-39(32-41)38-20-15-19-33(3)29-38/h6-32,46-47H,1,5H2,2-4H3/b18-7-,34-30+,36-17+,37-31+. The molecule has 47 heavy (non-hydrogen) atoms. The van der Waals surface area contributed by atoms with Crippen LogP contribution < -0.4 is 10.6 Å². The zero-order valence-electron chi connectivity index (χ0n) is 27.5. The fourth-order valence-corrected chi connectivity index (χ4v) is 5.58. The molecule has 0 radical (unpaired) electrons. The molecule has 0 heterocycles. The van der Waals surface area contributed by atoms with Gasteiger partial charge in [0.1, 0.15) is 0 Å². The van der Waals surface area contributed by atoms with E-state index in [2.05, 4.69) is 177 Å². The first-order valence-electron chi connectivity index (χ1n) is 15.9. The zero-order chi connectivity index (χ0) is 33.0. The first kappa shape index (κ1) is 32.5. The van der Waals surface area contributed by atoms with Crippen LogP contribution in [0.15, 0.2) is 188 Å². The van der Waals surface area contributed by atoms with E-state index in [0.717, 1.165) is 56.2 Å². The molecule has 232 valence electrons. The van der Waals surface area contributed by atoms with Crippen molar-refractivity contribution < 1.29 is 0 Å². The summed E-state index contributed by atoms with van der Waals surface area (Å²) in [5.41, 5.74) is 14.0. The van der Waals surface area contributed by atoms with E-state index in [9.17, 15) is 0 Å². The van der Waals surface area contributed by atoms with E-state index in [1.54, 1.807) is 0 Å². The number of allylic oxidation sites excluding steroid dienone is 10. The van der Waals surface area contributed by atoms with E-state index in [1.165, 1.54) is 16.7 Å². The second kappa shape index (κ2) is 15.9. The molecule has 0 aliphatic heterocycles. The Kier molecular flexibility index (Phi) is 11.0. The van der Waals surface area contributed by atoms with Crippen LogP contribution in [0.25, 0.3) is 22.3 Å². The highest BCUT2D eigenvalue weighted by Gasteiger charge is 2.10. The van der Waals surface area contributed by atoms with Crippen molar-refractivity contribution in [3.05, 3.63) is 205 Å². The Hall–Kier alpha value is -5.86. The van der Waals surface area contributed by atoms with Crippen LogP contribution in [-0.4, -0.2) is 0 Å². The molecule has 5 aromatic rings. The molecule has 2 N–H and O–H groups in total. The summed E-state index contributed by atoms with van der Waals surface area (Å²) in [5, 5.41) is 7.24. The molecular formula is C45H42N2. The third-order valence-corrected chi connectivity index (χ3v) is 7.85. The number of anilines is 4. The van der Waals surface area contributed by atoms with Gasteiger partial charge in [0.25, 0.3) is 0 Å². The number of benzene rings is 5. The average Bonchev–Trinajstić information content (AvgIpc) is 3.09. The lowest BCUT2D eigenvalue weighted by Crippen LogP contribution is -1.96. The number of hydrogen-bond acceptors (Lipinski definition) is 2. The highest BCUT2D eigenvalue weighted by atomic mass is 14.9. The molecule has 0 saturated heterocycles. The maximum atomic E-state index is 4.53. The third kappa shape index (κ3) is 8.65. The smallest absolute Gasteiger partial charge is 0.0463 e. The monoisotopic (exact) mass is 610 g/mol. The number of rotatable bonds is 12. The summed E-state index contributed by atoms with van der Waals surface area (Å²) in [6.45, 7) is 14.9. The van der Waals surface area contributed by atoms with Gasteiger partial charge in [-0.15, -0.1) is 0 Å². The minimum absolute atomic E-state index is 0.906. The third-order valence-electron chi connectivity index (χ3n) is 7.85. The summed E-state index contributed by atoms with van der Waals surface area (Å²) in [7, 11) is 0. The van der Waals surface area contributed by atoms with Crippen molar-refractivity contribution in [2.75, 3.05) is 10.6 Å². The van der Waals surface area contributed by atoms with Gasteiger partial charge >= 0.3 is 0 Å².